The summed E-state index contributed by atoms with van der Waals surface area (Å²) in [6.07, 6.45) is 2.27. The molecule has 0 aliphatic carbocycles. The van der Waals surface area contributed by atoms with Crippen LogP contribution in [0.4, 0.5) is 4.39 Å². The van der Waals surface area contributed by atoms with Crippen molar-refractivity contribution in [2.75, 3.05) is 32.8 Å². The first-order chi connectivity index (χ1) is 15.2. The van der Waals surface area contributed by atoms with Gasteiger partial charge < -0.3 is 14.5 Å². The van der Waals surface area contributed by atoms with E-state index in [4.69, 9.17) is 9.15 Å². The number of ether oxygens (including phenoxy) is 1. The quantitative estimate of drug-likeness (QED) is 0.600. The van der Waals surface area contributed by atoms with E-state index in [1.54, 1.807) is 18.3 Å². The first kappa shape index (κ1) is 21.2. The van der Waals surface area contributed by atoms with Gasteiger partial charge >= 0.3 is 0 Å². The molecular formula is C24H26FN3O3. The molecule has 0 bridgehead atoms. The molecule has 31 heavy (non-hydrogen) atoms. The molecule has 0 saturated carbocycles. The topological polar surface area (TPSA) is 67.6 Å². The maximum atomic E-state index is 13.1. The third-order valence-electron chi connectivity index (χ3n) is 5.33. The molecule has 3 aromatic rings. The van der Waals surface area contributed by atoms with E-state index in [2.05, 4.69) is 15.2 Å². The van der Waals surface area contributed by atoms with Crippen LogP contribution >= 0.6 is 0 Å². The molecule has 1 N–H and O–H groups in total. The van der Waals surface area contributed by atoms with Gasteiger partial charge in [0.15, 0.2) is 11.7 Å². The van der Waals surface area contributed by atoms with Gasteiger partial charge in [-0.3, -0.25) is 9.69 Å². The Hall–Kier alpha value is -3.03. The molecule has 1 fully saturated rings. The van der Waals surface area contributed by atoms with E-state index >= 15 is 0 Å². The average molecular weight is 423 g/mol. The summed E-state index contributed by atoms with van der Waals surface area (Å²) >= 11 is 0. The fourth-order valence-electron chi connectivity index (χ4n) is 3.62. The van der Waals surface area contributed by atoms with Crippen molar-refractivity contribution in [2.24, 2.45) is 0 Å². The van der Waals surface area contributed by atoms with Crippen molar-refractivity contribution < 1.29 is 18.3 Å². The Bertz CT molecular complexity index is 969. The standard InChI is InChI=1S/C24H26FN3O3/c25-20-8-6-19(7-9-20)22-16-26-24(31-22)11-10-23(29)27-21(18-4-2-1-3-5-18)17-28-12-14-30-15-13-28/h1-9,16,21H,10-15,17H2,(H,27,29). The lowest BCUT2D eigenvalue weighted by Crippen LogP contribution is -2.43. The van der Waals surface area contributed by atoms with Crippen LogP contribution in [0.2, 0.25) is 0 Å². The summed E-state index contributed by atoms with van der Waals surface area (Å²) in [5, 5.41) is 3.16. The molecule has 6 nitrogen and oxygen atoms in total. The zero-order chi connectivity index (χ0) is 21.5. The van der Waals surface area contributed by atoms with Crippen molar-refractivity contribution in [3.8, 4) is 11.3 Å². The molecule has 1 saturated heterocycles. The zero-order valence-corrected chi connectivity index (χ0v) is 17.3. The van der Waals surface area contributed by atoms with Crippen LogP contribution < -0.4 is 5.32 Å². The molecule has 1 aliphatic rings. The van der Waals surface area contributed by atoms with Crippen molar-refractivity contribution in [1.82, 2.24) is 15.2 Å². The summed E-state index contributed by atoms with van der Waals surface area (Å²) in [5.41, 5.74) is 1.83. The summed E-state index contributed by atoms with van der Waals surface area (Å²) in [7, 11) is 0. The van der Waals surface area contributed by atoms with E-state index in [0.29, 0.717) is 18.1 Å². The van der Waals surface area contributed by atoms with Crippen LogP contribution in [0.5, 0.6) is 0 Å². The van der Waals surface area contributed by atoms with Gasteiger partial charge in [-0.25, -0.2) is 9.37 Å². The third-order valence-corrected chi connectivity index (χ3v) is 5.33. The van der Waals surface area contributed by atoms with Gasteiger partial charge in [-0.2, -0.15) is 0 Å². The molecule has 1 unspecified atom stereocenters. The Balaban J connectivity index is 1.35. The molecule has 1 aromatic heterocycles. The van der Waals surface area contributed by atoms with Gasteiger partial charge in [-0.15, -0.1) is 0 Å². The van der Waals surface area contributed by atoms with E-state index < -0.39 is 0 Å². The van der Waals surface area contributed by atoms with Gasteiger partial charge in [0, 0.05) is 38.0 Å². The highest BCUT2D eigenvalue weighted by Crippen LogP contribution is 2.21. The molecule has 162 valence electrons. The van der Waals surface area contributed by atoms with Crippen molar-refractivity contribution >= 4 is 5.91 Å². The molecule has 0 radical (unpaired) electrons. The summed E-state index contributed by atoms with van der Waals surface area (Å²) in [5.74, 6) is 0.692. The predicted molar refractivity (Wildman–Crippen MR) is 115 cm³/mol. The number of amides is 1. The highest BCUT2D eigenvalue weighted by Gasteiger charge is 2.20. The lowest BCUT2D eigenvalue weighted by molar-refractivity contribution is -0.122. The summed E-state index contributed by atoms with van der Waals surface area (Å²) in [4.78, 5) is 19.3. The maximum Gasteiger partial charge on any atom is 0.221 e. The van der Waals surface area contributed by atoms with Crippen molar-refractivity contribution in [2.45, 2.75) is 18.9 Å². The number of halogens is 1. The summed E-state index contributed by atoms with van der Waals surface area (Å²) in [6.45, 7) is 3.90. The van der Waals surface area contributed by atoms with Crippen LogP contribution in [0.15, 0.2) is 65.2 Å². The number of aromatic nitrogens is 1. The molecule has 4 rings (SSSR count). The number of morpholine rings is 1. The van der Waals surface area contributed by atoms with Crippen molar-refractivity contribution in [1.29, 1.82) is 0 Å². The minimum absolute atomic E-state index is 0.0522. The van der Waals surface area contributed by atoms with Crippen LogP contribution in [-0.2, 0) is 16.0 Å². The molecule has 2 aromatic carbocycles. The van der Waals surface area contributed by atoms with Gasteiger partial charge in [0.25, 0.3) is 0 Å². The lowest BCUT2D eigenvalue weighted by atomic mass is 10.1. The number of aryl methyl sites for hydroxylation is 1. The second-order valence-electron chi connectivity index (χ2n) is 7.57. The van der Waals surface area contributed by atoms with Gasteiger partial charge in [0.2, 0.25) is 5.91 Å². The number of rotatable bonds is 8. The molecule has 2 heterocycles. The number of nitrogens with one attached hydrogen (secondary N) is 1. The lowest BCUT2D eigenvalue weighted by Gasteiger charge is -2.31. The SMILES string of the molecule is O=C(CCc1ncc(-c2ccc(F)cc2)o1)NC(CN1CCOCC1)c1ccccc1. The molecule has 1 amide bonds. The summed E-state index contributed by atoms with van der Waals surface area (Å²) < 4.78 is 24.3. The first-order valence-electron chi connectivity index (χ1n) is 10.5. The normalized spacial score (nSPS) is 15.5. The highest BCUT2D eigenvalue weighted by molar-refractivity contribution is 5.76. The second-order valence-corrected chi connectivity index (χ2v) is 7.57. The van der Waals surface area contributed by atoms with Gasteiger partial charge in [0.05, 0.1) is 25.5 Å². The van der Waals surface area contributed by atoms with E-state index in [1.807, 2.05) is 30.3 Å². The maximum absolute atomic E-state index is 13.1. The Morgan fingerprint density at radius 2 is 1.84 bits per heavy atom. The second kappa shape index (κ2) is 10.3. The van der Waals surface area contributed by atoms with Crippen LogP contribution in [0.1, 0.15) is 23.9 Å². The average Bonchev–Trinajstić information content (AvgIpc) is 3.28. The third kappa shape index (κ3) is 5.99. The number of benzene rings is 2. The Kier molecular flexibility index (Phi) is 7.07. The van der Waals surface area contributed by atoms with Crippen molar-refractivity contribution in [3.05, 3.63) is 78.1 Å². The molecule has 0 spiro atoms. The first-order valence-corrected chi connectivity index (χ1v) is 10.5. The Labute approximate surface area is 181 Å². The van der Waals surface area contributed by atoms with Crippen molar-refractivity contribution in [3.63, 3.8) is 0 Å². The highest BCUT2D eigenvalue weighted by atomic mass is 19.1. The van der Waals surface area contributed by atoms with Crippen LogP contribution in [0.3, 0.4) is 0 Å². The number of hydrogen-bond donors (Lipinski definition) is 1. The monoisotopic (exact) mass is 423 g/mol. The minimum atomic E-state index is -0.301. The number of hydrogen-bond acceptors (Lipinski definition) is 5. The number of oxazole rings is 1. The van der Waals surface area contributed by atoms with E-state index in [-0.39, 0.29) is 24.2 Å². The fourth-order valence-corrected chi connectivity index (χ4v) is 3.62. The Morgan fingerprint density at radius 3 is 2.58 bits per heavy atom. The Morgan fingerprint density at radius 1 is 1.10 bits per heavy atom. The predicted octanol–water partition coefficient (Wildman–Crippen LogP) is 3.60. The molecule has 1 atom stereocenters. The minimum Gasteiger partial charge on any atom is -0.441 e. The number of carbonyl (C=O) groups excluding carboxylic acids is 1. The van der Waals surface area contributed by atoms with E-state index in [0.717, 1.165) is 44.0 Å². The number of nitrogens with zero attached hydrogens (tertiary/aromatic N) is 2. The van der Waals surface area contributed by atoms with Gasteiger partial charge in [-0.05, 0) is 29.8 Å². The van der Waals surface area contributed by atoms with Gasteiger partial charge in [0.1, 0.15) is 5.82 Å². The zero-order valence-electron chi connectivity index (χ0n) is 17.3. The summed E-state index contributed by atoms with van der Waals surface area (Å²) in [6, 6.07) is 16.0. The fraction of sp³-hybridized carbons (Fsp3) is 0.333. The van der Waals surface area contributed by atoms with Crippen LogP contribution in [-0.4, -0.2) is 48.6 Å². The van der Waals surface area contributed by atoms with E-state index in [1.165, 1.54) is 12.1 Å². The van der Waals surface area contributed by atoms with Crippen LogP contribution in [0.25, 0.3) is 11.3 Å². The largest absolute Gasteiger partial charge is 0.441 e. The van der Waals surface area contributed by atoms with Gasteiger partial charge in [-0.1, -0.05) is 30.3 Å². The number of carbonyl (C=O) groups is 1. The van der Waals surface area contributed by atoms with E-state index in [9.17, 15) is 9.18 Å². The van der Waals surface area contributed by atoms with Crippen LogP contribution in [0, 0.1) is 5.82 Å². The molecule has 7 heteroatoms. The molecule has 1 aliphatic heterocycles. The smallest absolute Gasteiger partial charge is 0.221 e. The molecular weight excluding hydrogens is 397 g/mol.